The highest BCUT2D eigenvalue weighted by atomic mass is 35.5. The van der Waals surface area contributed by atoms with Crippen LogP contribution in [0.2, 0.25) is 5.02 Å². The number of H-pyrrole nitrogens is 1. The summed E-state index contributed by atoms with van der Waals surface area (Å²) in [5.41, 5.74) is 3.81. The minimum atomic E-state index is -0.0987. The lowest BCUT2D eigenvalue weighted by Gasteiger charge is -2.30. The van der Waals surface area contributed by atoms with E-state index in [2.05, 4.69) is 22.5 Å². The third kappa shape index (κ3) is 6.04. The van der Waals surface area contributed by atoms with Crippen LogP contribution < -0.4 is 10.1 Å². The molecule has 0 aliphatic carbocycles. The lowest BCUT2D eigenvalue weighted by molar-refractivity contribution is -0.132. The van der Waals surface area contributed by atoms with Gasteiger partial charge in [0.05, 0.1) is 0 Å². The zero-order chi connectivity index (χ0) is 25.8. The number of amides is 2. The van der Waals surface area contributed by atoms with Crippen molar-refractivity contribution >= 4 is 52.2 Å². The van der Waals surface area contributed by atoms with Crippen molar-refractivity contribution in [3.05, 3.63) is 89.1 Å². The molecule has 0 spiro atoms. The lowest BCUT2D eigenvalue weighted by Crippen LogP contribution is -2.40. The number of benzene rings is 3. The SMILES string of the molecule is CC(=O)N1CCC(C(=O)Nc2cccc(Oc3ccc4c(/C=C/c5ccc(Cl)cc5)c[nH]c4c3)c2)CC1. The van der Waals surface area contributed by atoms with Crippen molar-refractivity contribution in [2.24, 2.45) is 5.92 Å². The van der Waals surface area contributed by atoms with Crippen LogP contribution in [0.3, 0.4) is 0 Å². The average Bonchev–Trinajstić information content (AvgIpc) is 3.31. The number of halogens is 1. The van der Waals surface area contributed by atoms with E-state index >= 15 is 0 Å². The van der Waals surface area contributed by atoms with Gasteiger partial charge in [0.1, 0.15) is 11.5 Å². The number of anilines is 1. The molecule has 0 bridgehead atoms. The molecule has 0 radical (unpaired) electrons. The van der Waals surface area contributed by atoms with Crippen LogP contribution in [0.15, 0.2) is 72.9 Å². The Bertz CT molecular complexity index is 1450. The van der Waals surface area contributed by atoms with Gasteiger partial charge in [0.2, 0.25) is 11.8 Å². The monoisotopic (exact) mass is 513 g/mol. The van der Waals surface area contributed by atoms with Gasteiger partial charge in [0.15, 0.2) is 0 Å². The number of likely N-dealkylation sites (tertiary alicyclic amines) is 1. The topological polar surface area (TPSA) is 74.4 Å². The quantitative estimate of drug-likeness (QED) is 0.292. The number of aromatic nitrogens is 1. The van der Waals surface area contributed by atoms with Gasteiger partial charge in [-0.2, -0.15) is 0 Å². The van der Waals surface area contributed by atoms with E-state index < -0.39 is 0 Å². The van der Waals surface area contributed by atoms with Gasteiger partial charge < -0.3 is 19.9 Å². The molecule has 7 heteroatoms. The maximum Gasteiger partial charge on any atom is 0.227 e. The standard InChI is InChI=1S/C30H28ClN3O3/c1-20(35)34-15-13-22(14-16-34)30(36)33-25-3-2-4-26(17-25)37-27-11-12-28-23(19-32-29(28)18-27)8-5-21-6-9-24(31)10-7-21/h2-12,17-19,22,32H,13-16H2,1H3,(H,33,36)/b8-5+. The molecule has 0 saturated carbocycles. The number of carbonyl (C=O) groups excluding carboxylic acids is 2. The van der Waals surface area contributed by atoms with Crippen LogP contribution in [-0.4, -0.2) is 34.8 Å². The van der Waals surface area contributed by atoms with Crippen molar-refractivity contribution in [3.8, 4) is 11.5 Å². The zero-order valence-electron chi connectivity index (χ0n) is 20.5. The molecule has 2 amide bonds. The molecule has 2 heterocycles. The molecule has 2 N–H and O–H groups in total. The van der Waals surface area contributed by atoms with E-state index in [9.17, 15) is 9.59 Å². The molecule has 1 aliphatic heterocycles. The second kappa shape index (κ2) is 10.9. The normalized spacial score (nSPS) is 14.3. The van der Waals surface area contributed by atoms with Crippen molar-refractivity contribution in [1.82, 2.24) is 9.88 Å². The summed E-state index contributed by atoms with van der Waals surface area (Å²) in [4.78, 5) is 29.4. The fourth-order valence-electron chi connectivity index (χ4n) is 4.56. The highest BCUT2D eigenvalue weighted by Crippen LogP contribution is 2.29. The summed E-state index contributed by atoms with van der Waals surface area (Å²) in [6.07, 6.45) is 7.44. The Balaban J connectivity index is 1.23. The molecule has 1 saturated heterocycles. The highest BCUT2D eigenvalue weighted by molar-refractivity contribution is 6.30. The smallest absolute Gasteiger partial charge is 0.227 e. The fraction of sp³-hybridized carbons (Fsp3) is 0.200. The second-order valence-corrected chi connectivity index (χ2v) is 9.67. The first-order chi connectivity index (χ1) is 17.9. The van der Waals surface area contributed by atoms with Gasteiger partial charge in [-0.15, -0.1) is 0 Å². The minimum Gasteiger partial charge on any atom is -0.457 e. The number of ether oxygens (including phenoxy) is 1. The van der Waals surface area contributed by atoms with Crippen LogP contribution in [0, 0.1) is 5.92 Å². The maximum absolute atomic E-state index is 12.8. The Hall–Kier alpha value is -4.03. The number of piperidine rings is 1. The first-order valence-corrected chi connectivity index (χ1v) is 12.7. The van der Waals surface area contributed by atoms with E-state index in [-0.39, 0.29) is 17.7 Å². The molecule has 188 valence electrons. The molecule has 37 heavy (non-hydrogen) atoms. The van der Waals surface area contributed by atoms with Gasteiger partial charge in [0.25, 0.3) is 0 Å². The molecule has 0 atom stereocenters. The predicted molar refractivity (Wildman–Crippen MR) is 149 cm³/mol. The van der Waals surface area contributed by atoms with Gasteiger partial charge in [-0.05, 0) is 60.4 Å². The van der Waals surface area contributed by atoms with Gasteiger partial charge in [0, 0.05) is 65.9 Å². The van der Waals surface area contributed by atoms with Gasteiger partial charge in [-0.1, -0.05) is 42.0 Å². The molecule has 1 fully saturated rings. The number of nitrogens with zero attached hydrogens (tertiary/aromatic N) is 1. The van der Waals surface area contributed by atoms with E-state index in [0.717, 1.165) is 27.1 Å². The summed E-state index contributed by atoms with van der Waals surface area (Å²) in [6.45, 7) is 2.81. The Morgan fingerprint density at radius 3 is 2.51 bits per heavy atom. The van der Waals surface area contributed by atoms with Crippen LogP contribution in [0.1, 0.15) is 30.9 Å². The van der Waals surface area contributed by atoms with E-state index in [1.54, 1.807) is 11.8 Å². The summed E-state index contributed by atoms with van der Waals surface area (Å²) in [5.74, 6) is 1.28. The van der Waals surface area contributed by atoms with E-state index in [1.165, 1.54) is 0 Å². The van der Waals surface area contributed by atoms with E-state index in [0.29, 0.717) is 43.1 Å². The molecule has 3 aromatic carbocycles. The number of rotatable bonds is 6. The summed E-state index contributed by atoms with van der Waals surface area (Å²) < 4.78 is 6.10. The molecular weight excluding hydrogens is 486 g/mol. The minimum absolute atomic E-state index is 0.0210. The molecule has 5 rings (SSSR count). The first kappa shape index (κ1) is 24.7. The van der Waals surface area contributed by atoms with Gasteiger partial charge in [-0.3, -0.25) is 9.59 Å². The largest absolute Gasteiger partial charge is 0.457 e. The highest BCUT2D eigenvalue weighted by Gasteiger charge is 2.26. The number of fused-ring (bicyclic) bond motifs is 1. The van der Waals surface area contributed by atoms with Crippen molar-refractivity contribution in [2.45, 2.75) is 19.8 Å². The predicted octanol–water partition coefficient (Wildman–Crippen LogP) is 6.98. The fourth-order valence-corrected chi connectivity index (χ4v) is 4.69. The third-order valence-corrected chi connectivity index (χ3v) is 6.91. The van der Waals surface area contributed by atoms with Crippen molar-refractivity contribution in [3.63, 3.8) is 0 Å². The molecular formula is C30H28ClN3O3. The number of hydrogen-bond donors (Lipinski definition) is 2. The van der Waals surface area contributed by atoms with Crippen molar-refractivity contribution in [1.29, 1.82) is 0 Å². The summed E-state index contributed by atoms with van der Waals surface area (Å²) >= 11 is 5.97. The molecule has 1 aromatic heterocycles. The average molecular weight is 514 g/mol. The van der Waals surface area contributed by atoms with Crippen LogP contribution in [-0.2, 0) is 9.59 Å². The molecule has 0 unspecified atom stereocenters. The summed E-state index contributed by atoms with van der Waals surface area (Å²) in [6, 6.07) is 21.0. The Labute approximate surface area is 220 Å². The third-order valence-electron chi connectivity index (χ3n) is 6.66. The lowest BCUT2D eigenvalue weighted by atomic mass is 9.96. The summed E-state index contributed by atoms with van der Waals surface area (Å²) in [7, 11) is 0. The van der Waals surface area contributed by atoms with Crippen molar-refractivity contribution in [2.75, 3.05) is 18.4 Å². The Kier molecular flexibility index (Phi) is 7.28. The Morgan fingerprint density at radius 2 is 1.76 bits per heavy atom. The van der Waals surface area contributed by atoms with E-state index in [1.807, 2.05) is 72.9 Å². The van der Waals surface area contributed by atoms with Crippen LogP contribution in [0.4, 0.5) is 5.69 Å². The molecule has 1 aliphatic rings. The number of nitrogens with one attached hydrogen (secondary N) is 2. The van der Waals surface area contributed by atoms with Crippen LogP contribution >= 0.6 is 11.6 Å². The molecule has 4 aromatic rings. The first-order valence-electron chi connectivity index (χ1n) is 12.3. The van der Waals surface area contributed by atoms with Gasteiger partial charge >= 0.3 is 0 Å². The number of hydrogen-bond acceptors (Lipinski definition) is 3. The van der Waals surface area contributed by atoms with Crippen LogP contribution in [0.25, 0.3) is 23.1 Å². The zero-order valence-corrected chi connectivity index (χ0v) is 21.3. The Morgan fingerprint density at radius 1 is 1.00 bits per heavy atom. The van der Waals surface area contributed by atoms with Crippen LogP contribution in [0.5, 0.6) is 11.5 Å². The van der Waals surface area contributed by atoms with Crippen molar-refractivity contribution < 1.29 is 14.3 Å². The number of aromatic amines is 1. The van der Waals surface area contributed by atoms with Gasteiger partial charge in [-0.25, -0.2) is 0 Å². The number of carbonyl (C=O) groups is 2. The second-order valence-electron chi connectivity index (χ2n) is 9.24. The van der Waals surface area contributed by atoms with E-state index in [4.69, 9.17) is 16.3 Å². The molecule has 6 nitrogen and oxygen atoms in total. The summed E-state index contributed by atoms with van der Waals surface area (Å²) in [5, 5.41) is 4.81. The maximum atomic E-state index is 12.8.